The molecule has 1 rings (SSSR count). The minimum atomic E-state index is -3.37. The molecular weight excluding hydrogens is 199 g/mol. The second-order valence-corrected chi connectivity index (χ2v) is 4.10. The molecule has 0 aromatic heterocycles. The van der Waals surface area contributed by atoms with Gasteiger partial charge < -0.3 is 4.18 Å². The molecule has 3 nitrogen and oxygen atoms in total. The zero-order chi connectivity index (χ0) is 9.03. The number of hydrogen-bond acceptors (Lipinski definition) is 3. The molecule has 0 atom stereocenters. The van der Waals surface area contributed by atoms with E-state index in [-0.39, 0.29) is 35.3 Å². The summed E-state index contributed by atoms with van der Waals surface area (Å²) in [6, 6.07) is 8.45. The molecule has 0 saturated carbocycles. The Labute approximate surface area is 101 Å². The Kier molecular flexibility index (Phi) is 5.64. The SMILES string of the molecule is CCS(=O)(=O)Oc1ccccc1.[NaH]. The number of hydrogen-bond donors (Lipinski definition) is 0. The molecule has 0 aliphatic rings. The minimum absolute atomic E-state index is 0. The van der Waals surface area contributed by atoms with Crippen molar-refractivity contribution >= 4 is 39.7 Å². The fourth-order valence-corrected chi connectivity index (χ4v) is 1.20. The number of rotatable bonds is 3. The summed E-state index contributed by atoms with van der Waals surface area (Å²) in [4.78, 5) is 0. The van der Waals surface area contributed by atoms with Gasteiger partial charge in [-0.3, -0.25) is 0 Å². The van der Waals surface area contributed by atoms with E-state index >= 15 is 0 Å². The zero-order valence-electron chi connectivity index (χ0n) is 6.73. The molecule has 0 fully saturated rings. The van der Waals surface area contributed by atoms with Crippen LogP contribution in [0.5, 0.6) is 5.75 Å². The summed E-state index contributed by atoms with van der Waals surface area (Å²) in [6.07, 6.45) is 0. The van der Waals surface area contributed by atoms with Crippen molar-refractivity contribution in [2.45, 2.75) is 6.92 Å². The average molecular weight is 210 g/mol. The molecule has 0 saturated heterocycles. The van der Waals surface area contributed by atoms with Crippen molar-refractivity contribution in [2.75, 3.05) is 5.75 Å². The van der Waals surface area contributed by atoms with E-state index in [9.17, 15) is 8.42 Å². The van der Waals surface area contributed by atoms with Crippen molar-refractivity contribution in [3.8, 4) is 5.75 Å². The summed E-state index contributed by atoms with van der Waals surface area (Å²) in [5, 5.41) is 0. The van der Waals surface area contributed by atoms with Crippen molar-refractivity contribution in [1.29, 1.82) is 0 Å². The predicted molar refractivity (Wildman–Crippen MR) is 53.7 cm³/mol. The molecule has 5 heteroatoms. The third kappa shape index (κ3) is 4.67. The van der Waals surface area contributed by atoms with E-state index in [0.717, 1.165) is 0 Å². The Morgan fingerprint density at radius 2 is 1.77 bits per heavy atom. The molecule has 68 valence electrons. The van der Waals surface area contributed by atoms with Crippen LogP contribution in [-0.2, 0) is 10.1 Å². The van der Waals surface area contributed by atoms with Crippen LogP contribution in [0, 0.1) is 0 Å². The first-order valence-electron chi connectivity index (χ1n) is 3.61. The Balaban J connectivity index is 0.00000144. The third-order valence-electron chi connectivity index (χ3n) is 1.32. The van der Waals surface area contributed by atoms with E-state index in [1.54, 1.807) is 30.3 Å². The van der Waals surface area contributed by atoms with Gasteiger partial charge in [0.05, 0.1) is 5.75 Å². The summed E-state index contributed by atoms with van der Waals surface area (Å²) in [5.74, 6) is 0.348. The number of para-hydroxylation sites is 1. The van der Waals surface area contributed by atoms with Gasteiger partial charge in [-0.05, 0) is 19.1 Å². The van der Waals surface area contributed by atoms with Gasteiger partial charge in [0.25, 0.3) is 0 Å². The van der Waals surface area contributed by atoms with Crippen LogP contribution < -0.4 is 4.18 Å². The van der Waals surface area contributed by atoms with E-state index < -0.39 is 10.1 Å². The predicted octanol–water partition coefficient (Wildman–Crippen LogP) is 0.767. The fraction of sp³-hybridized carbons (Fsp3) is 0.250. The molecular formula is C8H11NaO3S. The molecule has 0 radical (unpaired) electrons. The van der Waals surface area contributed by atoms with Crippen LogP contribution >= 0.6 is 0 Å². The molecule has 1 aromatic rings. The monoisotopic (exact) mass is 210 g/mol. The molecule has 13 heavy (non-hydrogen) atoms. The summed E-state index contributed by atoms with van der Waals surface area (Å²) in [6.45, 7) is 1.54. The van der Waals surface area contributed by atoms with Gasteiger partial charge >= 0.3 is 39.7 Å². The Bertz CT molecular complexity index is 334. The summed E-state index contributed by atoms with van der Waals surface area (Å²) < 4.78 is 26.6. The van der Waals surface area contributed by atoms with E-state index in [2.05, 4.69) is 0 Å². The van der Waals surface area contributed by atoms with Crippen LogP contribution in [0.2, 0.25) is 0 Å². The van der Waals surface area contributed by atoms with Gasteiger partial charge in [0.1, 0.15) is 5.75 Å². The quantitative estimate of drug-likeness (QED) is 0.546. The van der Waals surface area contributed by atoms with Gasteiger partial charge in [0, 0.05) is 0 Å². The maximum atomic E-state index is 10.9. The molecule has 0 unspecified atom stereocenters. The van der Waals surface area contributed by atoms with E-state index in [0.29, 0.717) is 5.75 Å². The van der Waals surface area contributed by atoms with Crippen LogP contribution in [0.15, 0.2) is 30.3 Å². The molecule has 0 amide bonds. The van der Waals surface area contributed by atoms with Gasteiger partial charge in [-0.2, -0.15) is 8.42 Å². The second-order valence-electron chi connectivity index (χ2n) is 2.24. The first-order chi connectivity index (χ1) is 5.64. The summed E-state index contributed by atoms with van der Waals surface area (Å²) in [7, 11) is -3.37. The van der Waals surface area contributed by atoms with Crippen LogP contribution in [0.1, 0.15) is 6.92 Å². The van der Waals surface area contributed by atoms with Crippen molar-refractivity contribution in [3.63, 3.8) is 0 Å². The van der Waals surface area contributed by atoms with Gasteiger partial charge in [-0.1, -0.05) is 18.2 Å². The molecule has 0 N–H and O–H groups in total. The van der Waals surface area contributed by atoms with Crippen molar-refractivity contribution in [1.82, 2.24) is 0 Å². The first-order valence-corrected chi connectivity index (χ1v) is 5.19. The molecule has 0 spiro atoms. The molecule has 1 aromatic carbocycles. The molecule has 0 bridgehead atoms. The molecule has 0 aliphatic heterocycles. The first kappa shape index (κ1) is 13.0. The van der Waals surface area contributed by atoms with Crippen LogP contribution in [0.4, 0.5) is 0 Å². The zero-order valence-corrected chi connectivity index (χ0v) is 7.54. The topological polar surface area (TPSA) is 43.4 Å². The van der Waals surface area contributed by atoms with Crippen LogP contribution in [-0.4, -0.2) is 43.7 Å². The van der Waals surface area contributed by atoms with Crippen molar-refractivity contribution < 1.29 is 12.6 Å². The van der Waals surface area contributed by atoms with E-state index in [1.165, 1.54) is 6.92 Å². The van der Waals surface area contributed by atoms with Crippen molar-refractivity contribution in [3.05, 3.63) is 30.3 Å². The molecule has 0 heterocycles. The maximum absolute atomic E-state index is 10.9. The van der Waals surface area contributed by atoms with Gasteiger partial charge in [-0.25, -0.2) is 0 Å². The number of benzene rings is 1. The Morgan fingerprint density at radius 3 is 2.23 bits per heavy atom. The molecule has 0 aliphatic carbocycles. The van der Waals surface area contributed by atoms with Crippen molar-refractivity contribution in [2.24, 2.45) is 0 Å². The second kappa shape index (κ2) is 5.65. The van der Waals surface area contributed by atoms with Crippen LogP contribution in [0.25, 0.3) is 0 Å². The van der Waals surface area contributed by atoms with Crippen LogP contribution in [0.3, 0.4) is 0 Å². The van der Waals surface area contributed by atoms with E-state index in [1.807, 2.05) is 0 Å². The summed E-state index contributed by atoms with van der Waals surface area (Å²) in [5.41, 5.74) is 0. The van der Waals surface area contributed by atoms with Gasteiger partial charge in [0.2, 0.25) is 0 Å². The Hall–Kier alpha value is -0.0300. The Morgan fingerprint density at radius 1 is 1.23 bits per heavy atom. The third-order valence-corrected chi connectivity index (χ3v) is 2.47. The standard InChI is InChI=1S/C8H10O3S.Na.H/c1-2-12(9,10)11-8-6-4-3-5-7-8;;/h3-7H,2H2,1H3;;. The average Bonchev–Trinajstić information content (AvgIpc) is 2.06. The summed E-state index contributed by atoms with van der Waals surface area (Å²) >= 11 is 0. The van der Waals surface area contributed by atoms with E-state index in [4.69, 9.17) is 4.18 Å². The normalized spacial score (nSPS) is 10.2. The fourth-order valence-electron chi connectivity index (χ4n) is 0.682. The van der Waals surface area contributed by atoms with Gasteiger partial charge in [-0.15, -0.1) is 0 Å². The van der Waals surface area contributed by atoms with Gasteiger partial charge in [0.15, 0.2) is 0 Å².